The molecule has 7 heteroatoms. The van der Waals surface area contributed by atoms with Gasteiger partial charge in [0.15, 0.2) is 0 Å². The summed E-state index contributed by atoms with van der Waals surface area (Å²) < 4.78 is 27.4. The summed E-state index contributed by atoms with van der Waals surface area (Å²) >= 11 is 1.51. The van der Waals surface area contributed by atoms with Crippen molar-refractivity contribution in [3.63, 3.8) is 0 Å². The first kappa shape index (κ1) is 15.9. The number of rotatable bonds is 4. The van der Waals surface area contributed by atoms with E-state index in [1.54, 1.807) is 4.31 Å². The smallest absolute Gasteiger partial charge is 0.244 e. The van der Waals surface area contributed by atoms with Gasteiger partial charge in [-0.05, 0) is 38.9 Å². The van der Waals surface area contributed by atoms with Crippen LogP contribution >= 0.6 is 11.3 Å². The molecule has 1 fully saturated rings. The molecular formula is C13H23N3O2S2. The summed E-state index contributed by atoms with van der Waals surface area (Å²) in [7, 11) is 0.494. The van der Waals surface area contributed by atoms with Crippen molar-refractivity contribution in [1.82, 2.24) is 14.5 Å². The average molecular weight is 317 g/mol. The van der Waals surface area contributed by atoms with Crippen LogP contribution in [0.5, 0.6) is 0 Å². The molecule has 20 heavy (non-hydrogen) atoms. The highest BCUT2D eigenvalue weighted by Gasteiger charge is 2.33. The quantitative estimate of drug-likeness (QED) is 0.903. The summed E-state index contributed by atoms with van der Waals surface area (Å²) in [6.07, 6.45) is 0. The molecule has 2 heterocycles. The summed E-state index contributed by atoms with van der Waals surface area (Å²) in [5.74, 6) is 0. The molecule has 2 rings (SSSR count). The standard InChI is InChI=1S/C13H23N3O2S2/c1-10-9-19-12(7-14-3)13(10)20(17,18)16-6-5-15(4)11(2)8-16/h9,11,14H,5-8H2,1-4H3. The molecule has 0 spiro atoms. The summed E-state index contributed by atoms with van der Waals surface area (Å²) in [6, 6.07) is 0.255. The van der Waals surface area contributed by atoms with Crippen molar-refractivity contribution >= 4 is 21.4 Å². The van der Waals surface area contributed by atoms with E-state index in [1.165, 1.54) is 11.3 Å². The monoisotopic (exact) mass is 317 g/mol. The van der Waals surface area contributed by atoms with Crippen molar-refractivity contribution < 1.29 is 8.42 Å². The zero-order valence-corrected chi connectivity index (χ0v) is 14.1. The van der Waals surface area contributed by atoms with Gasteiger partial charge in [-0.1, -0.05) is 0 Å². The Morgan fingerprint density at radius 2 is 2.15 bits per heavy atom. The van der Waals surface area contributed by atoms with Crippen molar-refractivity contribution in [2.24, 2.45) is 0 Å². The van der Waals surface area contributed by atoms with Crippen molar-refractivity contribution in [2.45, 2.75) is 31.3 Å². The van der Waals surface area contributed by atoms with Crippen LogP contribution < -0.4 is 5.32 Å². The first-order chi connectivity index (χ1) is 9.37. The predicted octanol–water partition coefficient (Wildman–Crippen LogP) is 1.10. The molecule has 0 bridgehead atoms. The zero-order valence-electron chi connectivity index (χ0n) is 12.5. The van der Waals surface area contributed by atoms with E-state index >= 15 is 0 Å². The Morgan fingerprint density at radius 1 is 1.45 bits per heavy atom. The molecule has 1 unspecified atom stereocenters. The van der Waals surface area contributed by atoms with Gasteiger partial charge in [0.2, 0.25) is 10.0 Å². The second-order valence-electron chi connectivity index (χ2n) is 5.39. The zero-order chi connectivity index (χ0) is 14.9. The molecule has 0 saturated carbocycles. The van der Waals surface area contributed by atoms with Crippen molar-refractivity contribution in [2.75, 3.05) is 33.7 Å². The number of hydrogen-bond donors (Lipinski definition) is 1. The Bertz CT molecular complexity index is 568. The fraction of sp³-hybridized carbons (Fsp3) is 0.692. The lowest BCUT2D eigenvalue weighted by Gasteiger charge is -2.37. The highest BCUT2D eigenvalue weighted by atomic mass is 32.2. The third-order valence-electron chi connectivity index (χ3n) is 3.85. The van der Waals surface area contributed by atoms with Gasteiger partial charge in [0.25, 0.3) is 0 Å². The van der Waals surface area contributed by atoms with E-state index in [0.29, 0.717) is 24.5 Å². The maximum Gasteiger partial charge on any atom is 0.244 e. The van der Waals surface area contributed by atoms with Crippen molar-refractivity contribution in [3.8, 4) is 0 Å². The van der Waals surface area contributed by atoms with Gasteiger partial charge in [0.05, 0.1) is 0 Å². The van der Waals surface area contributed by atoms with Gasteiger partial charge in [-0.25, -0.2) is 8.42 Å². The predicted molar refractivity (Wildman–Crippen MR) is 82.7 cm³/mol. The van der Waals surface area contributed by atoms with Crippen LogP contribution in [0.4, 0.5) is 0 Å². The lowest BCUT2D eigenvalue weighted by Crippen LogP contribution is -2.52. The fourth-order valence-corrected chi connectivity index (χ4v) is 5.76. The normalized spacial score (nSPS) is 22.3. The first-order valence-electron chi connectivity index (χ1n) is 6.80. The molecule has 1 aromatic rings. The molecule has 1 aliphatic heterocycles. The van der Waals surface area contributed by atoms with E-state index < -0.39 is 10.0 Å². The second-order valence-corrected chi connectivity index (χ2v) is 8.23. The molecule has 0 aromatic carbocycles. The minimum Gasteiger partial charge on any atom is -0.315 e. The maximum atomic E-state index is 12.9. The number of hydrogen-bond acceptors (Lipinski definition) is 5. The van der Waals surface area contributed by atoms with Crippen LogP contribution in [0.15, 0.2) is 10.3 Å². The van der Waals surface area contributed by atoms with E-state index in [2.05, 4.69) is 17.1 Å². The van der Waals surface area contributed by atoms with Crippen molar-refractivity contribution in [3.05, 3.63) is 15.8 Å². The molecule has 0 aliphatic carbocycles. The summed E-state index contributed by atoms with van der Waals surface area (Å²) in [5.41, 5.74) is 0.854. The average Bonchev–Trinajstić information content (AvgIpc) is 2.75. The summed E-state index contributed by atoms with van der Waals surface area (Å²) in [6.45, 7) is 6.45. The topological polar surface area (TPSA) is 52.7 Å². The number of nitrogens with zero attached hydrogens (tertiary/aromatic N) is 2. The number of sulfonamides is 1. The van der Waals surface area contributed by atoms with E-state index in [0.717, 1.165) is 17.0 Å². The van der Waals surface area contributed by atoms with E-state index in [1.807, 2.05) is 26.4 Å². The van der Waals surface area contributed by atoms with Gasteiger partial charge in [-0.15, -0.1) is 11.3 Å². The second kappa shape index (κ2) is 6.11. The molecule has 1 N–H and O–H groups in total. The number of aryl methyl sites for hydroxylation is 1. The Balaban J connectivity index is 2.33. The van der Waals surface area contributed by atoms with Gasteiger partial charge in [-0.2, -0.15) is 4.31 Å². The summed E-state index contributed by atoms with van der Waals surface area (Å²) in [5, 5.41) is 4.98. The molecule has 1 aliphatic rings. The third-order valence-corrected chi connectivity index (χ3v) is 7.18. The minimum atomic E-state index is -3.38. The number of thiophene rings is 1. The van der Waals surface area contributed by atoms with Gasteiger partial charge >= 0.3 is 0 Å². The lowest BCUT2D eigenvalue weighted by molar-refractivity contribution is 0.159. The third kappa shape index (κ3) is 2.92. The van der Waals surface area contributed by atoms with Gasteiger partial charge < -0.3 is 10.2 Å². The van der Waals surface area contributed by atoms with Crippen LogP contribution in [0.1, 0.15) is 17.4 Å². The molecule has 0 amide bonds. The highest BCUT2D eigenvalue weighted by molar-refractivity contribution is 7.89. The maximum absolute atomic E-state index is 12.9. The molecule has 114 valence electrons. The molecule has 1 saturated heterocycles. The molecular weight excluding hydrogens is 294 g/mol. The van der Waals surface area contributed by atoms with Crippen LogP contribution in [0.3, 0.4) is 0 Å². The van der Waals surface area contributed by atoms with Crippen LogP contribution in [0.2, 0.25) is 0 Å². The van der Waals surface area contributed by atoms with Gasteiger partial charge in [0, 0.05) is 37.1 Å². The van der Waals surface area contributed by atoms with Crippen LogP contribution in [0.25, 0.3) is 0 Å². The van der Waals surface area contributed by atoms with Crippen LogP contribution in [-0.4, -0.2) is 57.4 Å². The Hall–Kier alpha value is -0.470. The van der Waals surface area contributed by atoms with Crippen LogP contribution in [-0.2, 0) is 16.6 Å². The number of nitrogens with one attached hydrogen (secondary N) is 1. The van der Waals surface area contributed by atoms with E-state index in [9.17, 15) is 8.42 Å². The molecule has 1 atom stereocenters. The summed E-state index contributed by atoms with van der Waals surface area (Å²) in [4.78, 5) is 3.60. The first-order valence-corrected chi connectivity index (χ1v) is 9.12. The lowest BCUT2D eigenvalue weighted by atomic mass is 10.2. The van der Waals surface area contributed by atoms with Gasteiger partial charge in [0.1, 0.15) is 4.90 Å². The molecule has 1 aromatic heterocycles. The number of piperazine rings is 1. The largest absolute Gasteiger partial charge is 0.315 e. The number of likely N-dealkylation sites (N-methyl/N-ethyl adjacent to an activating group) is 1. The Labute approximate surface area is 125 Å². The van der Waals surface area contributed by atoms with E-state index in [4.69, 9.17) is 0 Å². The highest BCUT2D eigenvalue weighted by Crippen LogP contribution is 2.30. The SMILES string of the molecule is CNCc1scc(C)c1S(=O)(=O)N1CCN(C)C(C)C1. The van der Waals surface area contributed by atoms with Crippen molar-refractivity contribution in [1.29, 1.82) is 0 Å². The minimum absolute atomic E-state index is 0.255. The van der Waals surface area contributed by atoms with E-state index in [-0.39, 0.29) is 6.04 Å². The Kier molecular flexibility index (Phi) is 4.86. The molecule has 5 nitrogen and oxygen atoms in total. The fourth-order valence-electron chi connectivity index (χ4n) is 2.48. The van der Waals surface area contributed by atoms with Crippen LogP contribution in [0, 0.1) is 6.92 Å². The van der Waals surface area contributed by atoms with Gasteiger partial charge in [-0.3, -0.25) is 0 Å². The Morgan fingerprint density at radius 3 is 2.75 bits per heavy atom. The molecule has 0 radical (unpaired) electrons.